The van der Waals surface area contributed by atoms with E-state index in [1.807, 2.05) is 0 Å². The molecule has 33 heavy (non-hydrogen) atoms. The molecule has 0 atom stereocenters. The molecule has 0 bridgehead atoms. The van der Waals surface area contributed by atoms with Crippen molar-refractivity contribution in [2.75, 3.05) is 10.2 Å². The van der Waals surface area contributed by atoms with Gasteiger partial charge >= 0.3 is 5.97 Å². The molecular formula is C23H12Cl4N2O4. The topological polar surface area (TPSA) is 75.7 Å². The summed E-state index contributed by atoms with van der Waals surface area (Å²) in [6.45, 7) is 0. The van der Waals surface area contributed by atoms with Gasteiger partial charge in [-0.15, -0.1) is 0 Å². The Morgan fingerprint density at radius 2 is 1.45 bits per heavy atom. The lowest BCUT2D eigenvalue weighted by Gasteiger charge is -2.16. The maximum absolute atomic E-state index is 12.9. The van der Waals surface area contributed by atoms with Crippen molar-refractivity contribution in [2.45, 2.75) is 0 Å². The van der Waals surface area contributed by atoms with Gasteiger partial charge in [0.1, 0.15) is 16.5 Å². The highest BCUT2D eigenvalue weighted by atomic mass is 35.5. The Bertz CT molecular complexity index is 1300. The number of esters is 1. The molecule has 3 aromatic rings. The van der Waals surface area contributed by atoms with Crippen LogP contribution in [0, 0.1) is 0 Å². The number of anilines is 2. The Kier molecular flexibility index (Phi) is 6.63. The minimum Gasteiger partial charge on any atom is -0.421 e. The molecule has 2 amide bonds. The number of imide groups is 1. The van der Waals surface area contributed by atoms with Gasteiger partial charge in [-0.05, 0) is 54.6 Å². The molecule has 1 N–H and O–H groups in total. The van der Waals surface area contributed by atoms with Gasteiger partial charge in [-0.25, -0.2) is 9.69 Å². The van der Waals surface area contributed by atoms with Gasteiger partial charge in [-0.3, -0.25) is 9.59 Å². The second kappa shape index (κ2) is 9.45. The molecule has 0 fully saturated rings. The Balaban J connectivity index is 1.50. The van der Waals surface area contributed by atoms with Gasteiger partial charge in [0, 0.05) is 15.7 Å². The molecule has 1 heterocycles. The van der Waals surface area contributed by atoms with Crippen molar-refractivity contribution in [1.29, 1.82) is 0 Å². The minimum atomic E-state index is -0.720. The summed E-state index contributed by atoms with van der Waals surface area (Å²) in [5.74, 6) is -1.77. The van der Waals surface area contributed by atoms with Crippen LogP contribution in [0.1, 0.15) is 10.4 Å². The van der Waals surface area contributed by atoms with E-state index < -0.39 is 17.8 Å². The van der Waals surface area contributed by atoms with E-state index in [2.05, 4.69) is 5.32 Å². The SMILES string of the molecule is O=C(Oc1ccccc1Cl)c1ccc(NC2=C(Cl)C(=O)N(c3cc(Cl)cc(Cl)c3)C2=O)cc1. The van der Waals surface area contributed by atoms with Gasteiger partial charge < -0.3 is 10.1 Å². The van der Waals surface area contributed by atoms with Crippen LogP contribution in [0.25, 0.3) is 0 Å². The second-order valence-corrected chi connectivity index (χ2v) is 8.44. The molecule has 4 rings (SSSR count). The third-order valence-corrected chi connectivity index (χ3v) is 5.66. The molecule has 1 aliphatic heterocycles. The molecular weight excluding hydrogens is 510 g/mol. The van der Waals surface area contributed by atoms with E-state index in [0.717, 1.165) is 4.90 Å². The van der Waals surface area contributed by atoms with Crippen LogP contribution < -0.4 is 15.0 Å². The van der Waals surface area contributed by atoms with Crippen LogP contribution in [0.3, 0.4) is 0 Å². The summed E-state index contributed by atoms with van der Waals surface area (Å²) in [7, 11) is 0. The number of nitrogens with one attached hydrogen (secondary N) is 1. The molecule has 0 saturated carbocycles. The molecule has 0 spiro atoms. The van der Waals surface area contributed by atoms with Crippen molar-refractivity contribution in [3.63, 3.8) is 0 Å². The summed E-state index contributed by atoms with van der Waals surface area (Å²) in [5, 5.41) is 3.35. The minimum absolute atomic E-state index is 0.121. The van der Waals surface area contributed by atoms with Gasteiger partial charge in [0.25, 0.3) is 11.8 Å². The maximum atomic E-state index is 12.9. The van der Waals surface area contributed by atoms with Crippen LogP contribution in [0.5, 0.6) is 5.75 Å². The predicted octanol–water partition coefficient (Wildman–Crippen LogP) is 6.30. The van der Waals surface area contributed by atoms with Gasteiger partial charge in [-0.1, -0.05) is 58.5 Å². The fourth-order valence-electron chi connectivity index (χ4n) is 3.03. The monoisotopic (exact) mass is 520 g/mol. The summed E-state index contributed by atoms with van der Waals surface area (Å²) in [4.78, 5) is 38.7. The molecule has 0 aromatic heterocycles. The van der Waals surface area contributed by atoms with Crippen molar-refractivity contribution >= 4 is 75.6 Å². The Morgan fingerprint density at radius 1 is 0.818 bits per heavy atom. The number of hydrogen-bond acceptors (Lipinski definition) is 5. The predicted molar refractivity (Wildman–Crippen MR) is 128 cm³/mol. The number of benzene rings is 3. The number of hydrogen-bond donors (Lipinski definition) is 1. The number of halogens is 4. The van der Waals surface area contributed by atoms with E-state index in [9.17, 15) is 14.4 Å². The van der Waals surface area contributed by atoms with Crippen LogP contribution in [0.4, 0.5) is 11.4 Å². The van der Waals surface area contributed by atoms with Gasteiger partial charge in [0.2, 0.25) is 0 Å². The third kappa shape index (κ3) is 4.84. The Morgan fingerprint density at radius 3 is 2.09 bits per heavy atom. The zero-order valence-electron chi connectivity index (χ0n) is 16.4. The Hall–Kier alpha value is -3.03. The van der Waals surface area contributed by atoms with Crippen molar-refractivity contribution in [2.24, 2.45) is 0 Å². The molecule has 0 unspecified atom stereocenters. The van der Waals surface area contributed by atoms with Crippen LogP contribution >= 0.6 is 46.4 Å². The van der Waals surface area contributed by atoms with Crippen LogP contribution in [-0.4, -0.2) is 17.8 Å². The number of carbonyl (C=O) groups excluding carboxylic acids is 3. The smallest absolute Gasteiger partial charge is 0.343 e. The van der Waals surface area contributed by atoms with Crippen LogP contribution in [-0.2, 0) is 9.59 Å². The molecule has 0 aliphatic carbocycles. The lowest BCUT2D eigenvalue weighted by molar-refractivity contribution is -0.120. The zero-order chi connectivity index (χ0) is 23.7. The highest BCUT2D eigenvalue weighted by Gasteiger charge is 2.39. The zero-order valence-corrected chi connectivity index (χ0v) is 19.5. The van der Waals surface area contributed by atoms with Crippen molar-refractivity contribution in [3.8, 4) is 5.75 Å². The van der Waals surface area contributed by atoms with Crippen molar-refractivity contribution in [3.05, 3.63) is 98.1 Å². The van der Waals surface area contributed by atoms with Crippen molar-refractivity contribution in [1.82, 2.24) is 0 Å². The van der Waals surface area contributed by atoms with Crippen LogP contribution in [0.2, 0.25) is 15.1 Å². The standard InChI is InChI=1S/C23H12Cl4N2O4/c24-13-9-14(25)11-16(10-13)29-21(30)19(27)20(22(29)31)28-15-7-5-12(6-8-15)23(32)33-18-4-2-1-3-17(18)26/h1-11,28H. The fraction of sp³-hybridized carbons (Fsp3) is 0. The summed E-state index contributed by atoms with van der Waals surface area (Å²) in [6.07, 6.45) is 0. The molecule has 0 radical (unpaired) electrons. The largest absolute Gasteiger partial charge is 0.421 e. The van der Waals surface area contributed by atoms with Crippen molar-refractivity contribution < 1.29 is 19.1 Å². The van der Waals surface area contributed by atoms with E-state index in [0.29, 0.717) is 10.7 Å². The van der Waals surface area contributed by atoms with E-state index >= 15 is 0 Å². The average Bonchev–Trinajstić information content (AvgIpc) is 2.98. The number of rotatable bonds is 5. The molecule has 6 nitrogen and oxygen atoms in total. The molecule has 10 heteroatoms. The first-order valence-corrected chi connectivity index (χ1v) is 10.8. The molecule has 0 saturated heterocycles. The number of nitrogens with zero attached hydrogens (tertiary/aromatic N) is 1. The molecule has 1 aliphatic rings. The molecule has 166 valence electrons. The number of para-hydroxylation sites is 1. The lowest BCUT2D eigenvalue weighted by atomic mass is 10.2. The highest BCUT2D eigenvalue weighted by molar-refractivity contribution is 6.53. The fourth-order valence-corrected chi connectivity index (χ4v) is 3.94. The first-order chi connectivity index (χ1) is 15.7. The quantitative estimate of drug-likeness (QED) is 0.242. The van der Waals surface area contributed by atoms with E-state index in [1.165, 1.54) is 42.5 Å². The van der Waals surface area contributed by atoms with Gasteiger partial charge in [0.15, 0.2) is 0 Å². The number of carbonyl (C=O) groups is 3. The van der Waals surface area contributed by atoms with Gasteiger partial charge in [0.05, 0.1) is 16.3 Å². The summed E-state index contributed by atoms with van der Waals surface area (Å²) >= 11 is 24.1. The second-order valence-electron chi connectivity index (χ2n) is 6.78. The lowest BCUT2D eigenvalue weighted by Crippen LogP contribution is -2.32. The van der Waals surface area contributed by atoms with E-state index in [4.69, 9.17) is 51.1 Å². The van der Waals surface area contributed by atoms with E-state index in [1.54, 1.807) is 24.3 Å². The Labute approximate surface area is 208 Å². The van der Waals surface area contributed by atoms with E-state index in [-0.39, 0.29) is 37.8 Å². The number of ether oxygens (including phenoxy) is 1. The summed E-state index contributed by atoms with van der Waals surface area (Å²) < 4.78 is 5.29. The first-order valence-electron chi connectivity index (χ1n) is 9.33. The van der Waals surface area contributed by atoms with Gasteiger partial charge in [-0.2, -0.15) is 0 Å². The first kappa shape index (κ1) is 23.1. The average molecular weight is 522 g/mol. The summed E-state index contributed by atoms with van der Waals surface area (Å²) in [5.41, 5.74) is 0.744. The highest BCUT2D eigenvalue weighted by Crippen LogP contribution is 2.33. The third-order valence-electron chi connectivity index (χ3n) is 4.56. The molecule has 3 aromatic carbocycles. The normalized spacial score (nSPS) is 13.5. The summed E-state index contributed by atoms with van der Waals surface area (Å²) in [6, 6.07) is 17.0. The maximum Gasteiger partial charge on any atom is 0.343 e. The number of amides is 2. The van der Waals surface area contributed by atoms with Crippen LogP contribution in [0.15, 0.2) is 77.5 Å².